The maximum absolute atomic E-state index is 14.9. The molecule has 4 atom stereocenters. The van der Waals surface area contributed by atoms with Gasteiger partial charge in [-0.2, -0.15) is 0 Å². The van der Waals surface area contributed by atoms with Crippen LogP contribution in [0.25, 0.3) is 6.08 Å². The molecule has 5 aliphatic carbocycles. The summed E-state index contributed by atoms with van der Waals surface area (Å²) in [4.78, 5) is 0. The van der Waals surface area contributed by atoms with Crippen LogP contribution in [0.15, 0.2) is 107 Å². The maximum atomic E-state index is 14.9. The Labute approximate surface area is 222 Å². The van der Waals surface area contributed by atoms with E-state index in [1.165, 1.54) is 44.6 Å². The SMILES string of the molecule is C=C1/C=C(C)\C=C/C2C(C(C)/C=C\c3cccc4c3CC3=C(C(F)=CCC3)C4(C)C)C23CC=C(C)C=C13. The van der Waals surface area contributed by atoms with E-state index in [1.54, 1.807) is 6.08 Å². The Kier molecular flexibility index (Phi) is 5.64. The van der Waals surface area contributed by atoms with Gasteiger partial charge in [-0.25, -0.2) is 4.39 Å². The highest BCUT2D eigenvalue weighted by Gasteiger charge is 2.66. The van der Waals surface area contributed by atoms with E-state index in [9.17, 15) is 4.39 Å². The molecule has 1 aromatic rings. The lowest BCUT2D eigenvalue weighted by Gasteiger charge is -2.39. The normalized spacial score (nSPS) is 32.9. The van der Waals surface area contributed by atoms with Crippen molar-refractivity contribution in [3.8, 4) is 0 Å². The fourth-order valence-corrected chi connectivity index (χ4v) is 8.08. The van der Waals surface area contributed by atoms with Crippen LogP contribution >= 0.6 is 0 Å². The molecular weight excluding hydrogens is 451 g/mol. The van der Waals surface area contributed by atoms with Crippen molar-refractivity contribution in [3.63, 3.8) is 0 Å². The molecule has 1 saturated carbocycles. The predicted octanol–water partition coefficient (Wildman–Crippen LogP) is 9.69. The molecule has 5 aliphatic rings. The van der Waals surface area contributed by atoms with Gasteiger partial charge in [-0.1, -0.05) is 105 Å². The van der Waals surface area contributed by atoms with Crippen LogP contribution in [-0.4, -0.2) is 0 Å². The molecule has 6 rings (SSSR count). The molecule has 0 bridgehead atoms. The Morgan fingerprint density at radius 2 is 1.92 bits per heavy atom. The van der Waals surface area contributed by atoms with Crippen LogP contribution in [0.3, 0.4) is 0 Å². The first-order chi connectivity index (χ1) is 17.6. The molecule has 1 heteroatoms. The lowest BCUT2D eigenvalue weighted by Crippen LogP contribution is -2.30. The van der Waals surface area contributed by atoms with Crippen molar-refractivity contribution >= 4 is 6.08 Å². The molecule has 0 radical (unpaired) electrons. The molecule has 0 nitrogen and oxygen atoms in total. The first kappa shape index (κ1) is 24.4. The lowest BCUT2D eigenvalue weighted by molar-refractivity contribution is 0.474. The second-order valence-corrected chi connectivity index (χ2v) is 12.5. The lowest BCUT2D eigenvalue weighted by atomic mass is 9.65. The molecular formula is C36H39F. The molecule has 4 unspecified atom stereocenters. The summed E-state index contributed by atoms with van der Waals surface area (Å²) in [6.45, 7) is 15.6. The Balaban J connectivity index is 1.33. The minimum atomic E-state index is -0.303. The van der Waals surface area contributed by atoms with Crippen LogP contribution in [-0.2, 0) is 11.8 Å². The van der Waals surface area contributed by atoms with Crippen molar-refractivity contribution in [2.75, 3.05) is 0 Å². The van der Waals surface area contributed by atoms with E-state index >= 15 is 0 Å². The van der Waals surface area contributed by atoms with E-state index in [-0.39, 0.29) is 16.7 Å². The van der Waals surface area contributed by atoms with Gasteiger partial charge in [0.05, 0.1) is 0 Å². The van der Waals surface area contributed by atoms with Gasteiger partial charge >= 0.3 is 0 Å². The number of halogens is 1. The van der Waals surface area contributed by atoms with Crippen molar-refractivity contribution < 1.29 is 4.39 Å². The number of allylic oxidation sites excluding steroid dienone is 14. The monoisotopic (exact) mass is 490 g/mol. The van der Waals surface area contributed by atoms with E-state index in [0.717, 1.165) is 31.3 Å². The van der Waals surface area contributed by atoms with Gasteiger partial charge in [0.25, 0.3) is 0 Å². The Morgan fingerprint density at radius 3 is 2.73 bits per heavy atom. The second-order valence-electron chi connectivity index (χ2n) is 12.5. The van der Waals surface area contributed by atoms with Gasteiger partial charge in [0.1, 0.15) is 5.83 Å². The van der Waals surface area contributed by atoms with Gasteiger partial charge in [0.15, 0.2) is 0 Å². The van der Waals surface area contributed by atoms with Crippen LogP contribution in [0.5, 0.6) is 0 Å². The summed E-state index contributed by atoms with van der Waals surface area (Å²) in [6.07, 6.45) is 22.1. The predicted molar refractivity (Wildman–Crippen MR) is 155 cm³/mol. The number of benzene rings is 1. The molecule has 1 aromatic carbocycles. The minimum absolute atomic E-state index is 0.00565. The number of hydrogen-bond donors (Lipinski definition) is 0. The first-order valence-electron chi connectivity index (χ1n) is 14.0. The summed E-state index contributed by atoms with van der Waals surface area (Å²) in [7, 11) is 0. The molecule has 0 aliphatic heterocycles. The Bertz CT molecular complexity index is 1410. The topological polar surface area (TPSA) is 0 Å². The summed E-state index contributed by atoms with van der Waals surface area (Å²) in [6, 6.07) is 6.62. The van der Waals surface area contributed by atoms with Crippen molar-refractivity contribution in [1.29, 1.82) is 0 Å². The summed E-state index contributed by atoms with van der Waals surface area (Å²) in [5.41, 5.74) is 11.3. The fourth-order valence-electron chi connectivity index (χ4n) is 8.08. The summed E-state index contributed by atoms with van der Waals surface area (Å²) < 4.78 is 14.9. The number of fused-ring (bicyclic) bond motifs is 1. The van der Waals surface area contributed by atoms with Crippen LogP contribution in [0.4, 0.5) is 4.39 Å². The summed E-state index contributed by atoms with van der Waals surface area (Å²) in [5.74, 6) is 1.54. The van der Waals surface area contributed by atoms with Crippen molar-refractivity contribution in [2.45, 2.75) is 65.7 Å². The zero-order valence-corrected chi connectivity index (χ0v) is 23.0. The third-order valence-electron chi connectivity index (χ3n) is 9.83. The molecule has 0 aromatic heterocycles. The number of rotatable bonds is 3. The maximum Gasteiger partial charge on any atom is 0.123 e. The highest BCUT2D eigenvalue weighted by Crippen LogP contribution is 2.72. The minimum Gasteiger partial charge on any atom is -0.207 e. The van der Waals surface area contributed by atoms with Crippen molar-refractivity contribution in [2.24, 2.45) is 23.2 Å². The van der Waals surface area contributed by atoms with Gasteiger partial charge in [-0.3, -0.25) is 0 Å². The summed E-state index contributed by atoms with van der Waals surface area (Å²) in [5, 5.41) is 0. The quantitative estimate of drug-likeness (QED) is 0.395. The highest BCUT2D eigenvalue weighted by atomic mass is 19.1. The third kappa shape index (κ3) is 3.69. The number of hydrogen-bond acceptors (Lipinski definition) is 0. The van der Waals surface area contributed by atoms with Crippen LogP contribution in [0, 0.1) is 23.2 Å². The van der Waals surface area contributed by atoms with Crippen LogP contribution < -0.4 is 0 Å². The van der Waals surface area contributed by atoms with E-state index in [0.29, 0.717) is 17.8 Å². The molecule has 0 saturated heterocycles. The highest BCUT2D eigenvalue weighted by molar-refractivity contribution is 5.64. The van der Waals surface area contributed by atoms with Crippen molar-refractivity contribution in [1.82, 2.24) is 0 Å². The van der Waals surface area contributed by atoms with Crippen LogP contribution in [0.1, 0.15) is 70.6 Å². The average molecular weight is 491 g/mol. The third-order valence-corrected chi connectivity index (χ3v) is 9.83. The van der Waals surface area contributed by atoms with Gasteiger partial charge in [0.2, 0.25) is 0 Å². The molecule has 190 valence electrons. The molecule has 0 heterocycles. The Morgan fingerprint density at radius 1 is 1.11 bits per heavy atom. The molecule has 1 fully saturated rings. The fraction of sp³-hybridized carbons (Fsp3) is 0.389. The van der Waals surface area contributed by atoms with Gasteiger partial charge < -0.3 is 0 Å². The van der Waals surface area contributed by atoms with Gasteiger partial charge in [-0.05, 0) is 96.8 Å². The van der Waals surface area contributed by atoms with Gasteiger partial charge in [0, 0.05) is 10.8 Å². The average Bonchev–Trinajstić information content (AvgIpc) is 3.48. The molecule has 0 N–H and O–H groups in total. The smallest absolute Gasteiger partial charge is 0.123 e. The van der Waals surface area contributed by atoms with E-state index in [2.05, 4.69) is 102 Å². The second kappa shape index (κ2) is 8.55. The molecule has 0 amide bonds. The van der Waals surface area contributed by atoms with E-state index < -0.39 is 0 Å². The standard InChI is InChI=1S/C36H39F/c1-22-13-16-30-33(36(30)18-17-23(2)20-31(36)25(4)19-22)24(3)14-15-26-9-7-11-29-28(26)21-27-10-8-12-32(37)34(27)35(29,5)6/h7,9,11-17,19-20,24,30,33H,4,8,10,18,21H2,1-3,5-6H3/b15-14-,16-13-,22-19-. The van der Waals surface area contributed by atoms with E-state index in [4.69, 9.17) is 0 Å². The zero-order valence-electron chi connectivity index (χ0n) is 23.0. The van der Waals surface area contributed by atoms with Crippen molar-refractivity contribution in [3.05, 3.63) is 123 Å². The van der Waals surface area contributed by atoms with Gasteiger partial charge in [-0.15, -0.1) is 0 Å². The van der Waals surface area contributed by atoms with Crippen LogP contribution in [0.2, 0.25) is 0 Å². The Hall–Kier alpha value is -2.93. The molecule has 1 spiro atoms. The summed E-state index contributed by atoms with van der Waals surface area (Å²) >= 11 is 0. The first-order valence-corrected chi connectivity index (χ1v) is 14.0. The zero-order chi connectivity index (χ0) is 26.1. The largest absolute Gasteiger partial charge is 0.207 e. The van der Waals surface area contributed by atoms with E-state index in [1.807, 2.05) is 0 Å². The molecule has 37 heavy (non-hydrogen) atoms.